The Balaban J connectivity index is 2.22. The number of aromatic nitrogens is 3. The normalized spacial score (nSPS) is 10.3. The Morgan fingerprint density at radius 3 is 3.00 bits per heavy atom. The first-order valence-electron chi connectivity index (χ1n) is 5.17. The molecule has 0 saturated carbocycles. The van der Waals surface area contributed by atoms with E-state index in [4.69, 9.17) is 5.11 Å². The van der Waals surface area contributed by atoms with Crippen molar-refractivity contribution >= 4 is 11.9 Å². The second-order valence-electron chi connectivity index (χ2n) is 3.74. The van der Waals surface area contributed by atoms with E-state index in [0.29, 0.717) is 11.4 Å². The molecule has 0 aliphatic carbocycles. The van der Waals surface area contributed by atoms with Gasteiger partial charge in [0.2, 0.25) is 5.95 Å². The highest BCUT2D eigenvalue weighted by Crippen LogP contribution is 2.17. The minimum atomic E-state index is -0.977. The van der Waals surface area contributed by atoms with Gasteiger partial charge in [-0.1, -0.05) is 12.1 Å². The number of carboxylic acid groups (broad SMARTS) is 1. The summed E-state index contributed by atoms with van der Waals surface area (Å²) >= 11 is 0. The summed E-state index contributed by atoms with van der Waals surface area (Å²) in [6, 6.07) is 5.90. The highest BCUT2D eigenvalue weighted by Gasteiger charge is 2.12. The van der Waals surface area contributed by atoms with Crippen LogP contribution in [0.5, 0.6) is 0 Å². The van der Waals surface area contributed by atoms with Crippen LogP contribution in [-0.2, 0) is 4.79 Å². The number of likely N-dealkylation sites (N-methyl/N-ethyl adjacent to an activating group) is 1. The molecule has 94 valence electrons. The second-order valence-corrected chi connectivity index (χ2v) is 3.74. The fourth-order valence-corrected chi connectivity index (χ4v) is 1.46. The zero-order valence-electron chi connectivity index (χ0n) is 9.59. The average molecular weight is 250 g/mol. The number of hydrogen-bond donors (Lipinski definition) is 2. The molecule has 18 heavy (non-hydrogen) atoms. The third kappa shape index (κ3) is 2.62. The Morgan fingerprint density at radius 2 is 2.33 bits per heavy atom. The molecule has 0 amide bonds. The lowest BCUT2D eigenvalue weighted by Crippen LogP contribution is -2.26. The quantitative estimate of drug-likeness (QED) is 0.850. The lowest BCUT2D eigenvalue weighted by Gasteiger charge is -2.10. The molecule has 0 atom stereocenters. The van der Waals surface area contributed by atoms with Crippen LogP contribution in [-0.4, -0.2) is 39.8 Å². The maximum Gasteiger partial charge on any atom is 0.323 e. The fourth-order valence-electron chi connectivity index (χ4n) is 1.46. The lowest BCUT2D eigenvalue weighted by molar-refractivity contribution is -0.135. The number of rotatable bonds is 4. The van der Waals surface area contributed by atoms with Gasteiger partial charge in [0.05, 0.1) is 0 Å². The summed E-state index contributed by atoms with van der Waals surface area (Å²) in [5, 5.41) is 15.2. The molecule has 0 aliphatic rings. The Hall–Kier alpha value is -2.44. The molecule has 1 heterocycles. The molecular formula is C11H11FN4O2. The first-order chi connectivity index (χ1) is 8.56. The highest BCUT2D eigenvalue weighted by atomic mass is 19.1. The van der Waals surface area contributed by atoms with Gasteiger partial charge < -0.3 is 10.0 Å². The molecule has 7 heteroatoms. The number of halogens is 1. The van der Waals surface area contributed by atoms with Crippen LogP contribution in [0.3, 0.4) is 0 Å². The number of carboxylic acids is 1. The van der Waals surface area contributed by atoms with Crippen molar-refractivity contribution in [2.24, 2.45) is 0 Å². The molecule has 0 aliphatic heterocycles. The Bertz CT molecular complexity index is 570. The van der Waals surface area contributed by atoms with E-state index in [0.717, 1.165) is 0 Å². The number of aromatic amines is 1. The third-order valence-corrected chi connectivity index (χ3v) is 2.29. The summed E-state index contributed by atoms with van der Waals surface area (Å²) in [5.74, 6) is -0.711. The standard InChI is InChI=1S/C11H11FN4O2/c1-16(6-9(17)18)11-13-10(14-15-11)7-3-2-4-8(12)5-7/h2-5H,6H2,1H3,(H,17,18)(H,13,14,15). The average Bonchev–Trinajstić information content (AvgIpc) is 2.77. The molecule has 1 aromatic heterocycles. The molecular weight excluding hydrogens is 239 g/mol. The first-order valence-corrected chi connectivity index (χ1v) is 5.17. The van der Waals surface area contributed by atoms with Crippen LogP contribution in [0, 0.1) is 5.82 Å². The van der Waals surface area contributed by atoms with Crippen LogP contribution >= 0.6 is 0 Å². The van der Waals surface area contributed by atoms with Gasteiger partial charge in [0, 0.05) is 12.6 Å². The van der Waals surface area contributed by atoms with Crippen LogP contribution in [0.4, 0.5) is 10.3 Å². The second kappa shape index (κ2) is 4.82. The van der Waals surface area contributed by atoms with Gasteiger partial charge in [-0.25, -0.2) is 4.39 Å². The largest absolute Gasteiger partial charge is 0.480 e. The van der Waals surface area contributed by atoms with E-state index in [-0.39, 0.29) is 18.3 Å². The van der Waals surface area contributed by atoms with Gasteiger partial charge in [-0.05, 0) is 12.1 Å². The summed E-state index contributed by atoms with van der Waals surface area (Å²) < 4.78 is 13.0. The summed E-state index contributed by atoms with van der Waals surface area (Å²) in [7, 11) is 1.56. The Kier molecular flexibility index (Phi) is 3.22. The van der Waals surface area contributed by atoms with E-state index < -0.39 is 5.97 Å². The third-order valence-electron chi connectivity index (χ3n) is 2.29. The summed E-state index contributed by atoms with van der Waals surface area (Å²) in [6.07, 6.45) is 0. The number of H-pyrrole nitrogens is 1. The van der Waals surface area contributed by atoms with Gasteiger partial charge in [0.15, 0.2) is 5.82 Å². The Labute approximate surface area is 102 Å². The Morgan fingerprint density at radius 1 is 1.56 bits per heavy atom. The maximum absolute atomic E-state index is 13.0. The van der Waals surface area contributed by atoms with Gasteiger partial charge in [-0.3, -0.25) is 9.89 Å². The minimum Gasteiger partial charge on any atom is -0.480 e. The van der Waals surface area contributed by atoms with Crippen molar-refractivity contribution in [2.45, 2.75) is 0 Å². The predicted octanol–water partition coefficient (Wildman–Crippen LogP) is 1.13. The van der Waals surface area contributed by atoms with Crippen molar-refractivity contribution in [1.29, 1.82) is 0 Å². The summed E-state index contributed by atoms with van der Waals surface area (Å²) in [4.78, 5) is 16.0. The number of carbonyl (C=O) groups is 1. The van der Waals surface area contributed by atoms with Crippen molar-refractivity contribution in [3.63, 3.8) is 0 Å². The molecule has 0 fully saturated rings. The predicted molar refractivity (Wildman–Crippen MR) is 62.7 cm³/mol. The first kappa shape index (κ1) is 12.0. The van der Waals surface area contributed by atoms with Gasteiger partial charge in [-0.15, -0.1) is 5.10 Å². The SMILES string of the molecule is CN(CC(=O)O)c1n[nH]c(-c2cccc(F)c2)n1. The number of hydrogen-bond acceptors (Lipinski definition) is 4. The molecule has 1 aromatic carbocycles. The van der Waals surface area contributed by atoms with Gasteiger partial charge >= 0.3 is 5.97 Å². The number of benzene rings is 1. The zero-order chi connectivity index (χ0) is 13.1. The van der Waals surface area contributed by atoms with Crippen LogP contribution in [0.25, 0.3) is 11.4 Å². The van der Waals surface area contributed by atoms with Gasteiger partial charge in [-0.2, -0.15) is 4.98 Å². The molecule has 0 radical (unpaired) electrons. The van der Waals surface area contributed by atoms with E-state index in [1.807, 2.05) is 0 Å². The van der Waals surface area contributed by atoms with Crippen LogP contribution in [0.15, 0.2) is 24.3 Å². The molecule has 0 unspecified atom stereocenters. The molecule has 2 N–H and O–H groups in total. The van der Waals surface area contributed by atoms with Crippen molar-refractivity contribution in [3.05, 3.63) is 30.1 Å². The maximum atomic E-state index is 13.0. The monoisotopic (exact) mass is 250 g/mol. The van der Waals surface area contributed by atoms with E-state index in [1.165, 1.54) is 17.0 Å². The lowest BCUT2D eigenvalue weighted by atomic mass is 10.2. The van der Waals surface area contributed by atoms with Crippen LogP contribution in [0.2, 0.25) is 0 Å². The molecule has 2 rings (SSSR count). The van der Waals surface area contributed by atoms with E-state index in [1.54, 1.807) is 19.2 Å². The van der Waals surface area contributed by atoms with Crippen molar-refractivity contribution in [3.8, 4) is 11.4 Å². The number of anilines is 1. The number of nitrogens with zero attached hydrogens (tertiary/aromatic N) is 3. The molecule has 0 bridgehead atoms. The molecule has 2 aromatic rings. The van der Waals surface area contributed by atoms with Gasteiger partial charge in [0.25, 0.3) is 0 Å². The topological polar surface area (TPSA) is 82.1 Å². The molecule has 6 nitrogen and oxygen atoms in total. The summed E-state index contributed by atoms with van der Waals surface area (Å²) in [5.41, 5.74) is 0.553. The number of nitrogens with one attached hydrogen (secondary N) is 1. The highest BCUT2D eigenvalue weighted by molar-refractivity contribution is 5.72. The van der Waals surface area contributed by atoms with Crippen molar-refractivity contribution in [1.82, 2.24) is 15.2 Å². The smallest absolute Gasteiger partial charge is 0.323 e. The van der Waals surface area contributed by atoms with Crippen LogP contribution in [0.1, 0.15) is 0 Å². The fraction of sp³-hybridized carbons (Fsp3) is 0.182. The van der Waals surface area contributed by atoms with E-state index in [2.05, 4.69) is 15.2 Å². The van der Waals surface area contributed by atoms with E-state index in [9.17, 15) is 9.18 Å². The molecule has 0 saturated heterocycles. The van der Waals surface area contributed by atoms with E-state index >= 15 is 0 Å². The minimum absolute atomic E-state index is 0.208. The van der Waals surface area contributed by atoms with Crippen molar-refractivity contribution < 1.29 is 14.3 Å². The van der Waals surface area contributed by atoms with Crippen LogP contribution < -0.4 is 4.90 Å². The zero-order valence-corrected chi connectivity index (χ0v) is 9.59. The number of aliphatic carboxylic acids is 1. The van der Waals surface area contributed by atoms with Crippen molar-refractivity contribution in [2.75, 3.05) is 18.5 Å². The summed E-state index contributed by atoms with van der Waals surface area (Å²) in [6.45, 7) is -0.208. The molecule has 0 spiro atoms. The van der Waals surface area contributed by atoms with Gasteiger partial charge in [0.1, 0.15) is 12.4 Å².